The number of unbranched alkanes of at least 4 members (excludes halogenated alkanes) is 1. The van der Waals surface area contributed by atoms with Crippen LogP contribution in [0.25, 0.3) is 0 Å². The van der Waals surface area contributed by atoms with Crippen molar-refractivity contribution in [3.8, 4) is 0 Å². The molecule has 226 valence electrons. The zero-order valence-electron chi connectivity index (χ0n) is 24.2. The SMILES string of the molecule is C[CH-]CCSc1ccc(N=Nc2cc(CC)c(N)c(N=Nc3ccc(S(C)(C)CCC=N)cc3)c2N)c(S(=O)(=O)O)c1. The number of anilines is 2. The molecule has 6 N–H and O–H groups in total. The Kier molecular flexibility index (Phi) is 11.7. The maximum Gasteiger partial charge on any atom is 0.296 e. The summed E-state index contributed by atoms with van der Waals surface area (Å²) < 4.78 is 34.1. The number of hydrogen-bond donors (Lipinski definition) is 4. The summed E-state index contributed by atoms with van der Waals surface area (Å²) in [4.78, 5) is 1.57. The van der Waals surface area contributed by atoms with Gasteiger partial charge in [-0.15, -0.1) is 27.1 Å². The maximum atomic E-state index is 12.1. The summed E-state index contributed by atoms with van der Waals surface area (Å²) in [6.07, 6.45) is 10.1. The highest BCUT2D eigenvalue weighted by Crippen LogP contribution is 2.49. The molecular weight excluding hydrogens is 591 g/mol. The molecule has 0 bridgehead atoms. The van der Waals surface area contributed by atoms with Crippen molar-refractivity contribution in [3.63, 3.8) is 0 Å². The van der Waals surface area contributed by atoms with Gasteiger partial charge < -0.3 is 23.3 Å². The Morgan fingerprint density at radius 2 is 1.67 bits per heavy atom. The molecule has 0 spiro atoms. The number of benzene rings is 3. The first-order chi connectivity index (χ1) is 19.9. The van der Waals surface area contributed by atoms with E-state index in [0.29, 0.717) is 22.7 Å². The molecule has 0 aliphatic carbocycles. The molecule has 0 amide bonds. The number of nitrogens with zero attached hydrogens (tertiary/aromatic N) is 4. The monoisotopic (exact) mass is 628 g/mol. The van der Waals surface area contributed by atoms with Crippen LogP contribution in [-0.4, -0.2) is 43.2 Å². The van der Waals surface area contributed by atoms with E-state index in [1.807, 2.05) is 44.5 Å². The Bertz CT molecular complexity index is 1570. The van der Waals surface area contributed by atoms with Crippen molar-refractivity contribution in [3.05, 3.63) is 60.5 Å². The van der Waals surface area contributed by atoms with Crippen LogP contribution in [0, 0.1) is 11.8 Å². The number of rotatable bonds is 14. The lowest BCUT2D eigenvalue weighted by atomic mass is 10.1. The summed E-state index contributed by atoms with van der Waals surface area (Å²) >= 11 is 1.47. The standard InChI is InChI=1S/C29H38N7O3S3/c1-5-7-16-40-22-11-14-24(26(19-22)42(37,38)39)34-35-25-18-20(6-2)27(31)29(28(25)32)36-33-21-9-12-23(13-10-21)41(3,4)17-8-15-30/h5,9-15,18-19,30H,6-8,16-17,31-32H2,1-4H3,(H,37,38,39)/q-1. The van der Waals surface area contributed by atoms with Crippen LogP contribution in [0.4, 0.5) is 34.1 Å². The normalized spacial score (nSPS) is 12.8. The van der Waals surface area contributed by atoms with Gasteiger partial charge >= 0.3 is 0 Å². The molecule has 0 aliphatic rings. The number of aryl methyl sites for hydroxylation is 1. The van der Waals surface area contributed by atoms with E-state index in [-0.39, 0.29) is 27.6 Å². The van der Waals surface area contributed by atoms with Gasteiger partial charge in [0.25, 0.3) is 10.1 Å². The molecule has 0 heterocycles. The van der Waals surface area contributed by atoms with Crippen LogP contribution in [0.15, 0.2) is 83.7 Å². The molecule has 0 aromatic heterocycles. The van der Waals surface area contributed by atoms with Crippen molar-refractivity contribution < 1.29 is 13.0 Å². The predicted molar refractivity (Wildman–Crippen MR) is 177 cm³/mol. The number of hydrogen-bond acceptors (Lipinski definition) is 10. The summed E-state index contributed by atoms with van der Waals surface area (Å²) in [5.74, 6) is 1.72. The van der Waals surface area contributed by atoms with Crippen LogP contribution in [0.3, 0.4) is 0 Å². The van der Waals surface area contributed by atoms with Crippen LogP contribution in [0.5, 0.6) is 0 Å². The highest BCUT2D eigenvalue weighted by atomic mass is 32.3. The number of azo groups is 2. The summed E-state index contributed by atoms with van der Waals surface area (Å²) in [6.45, 7) is 3.88. The molecule has 3 aromatic rings. The van der Waals surface area contributed by atoms with Gasteiger partial charge in [0, 0.05) is 4.90 Å². The zero-order valence-corrected chi connectivity index (χ0v) is 26.7. The van der Waals surface area contributed by atoms with Gasteiger partial charge in [-0.2, -0.15) is 26.9 Å². The number of nitrogens with two attached hydrogens (primary N) is 2. The molecule has 0 radical (unpaired) electrons. The van der Waals surface area contributed by atoms with Gasteiger partial charge in [0.1, 0.15) is 22.0 Å². The second kappa shape index (κ2) is 14.8. The summed E-state index contributed by atoms with van der Waals surface area (Å²) in [6, 6.07) is 14.1. The number of nitrogens with one attached hydrogen (secondary N) is 1. The average Bonchev–Trinajstić information content (AvgIpc) is 2.96. The van der Waals surface area contributed by atoms with Gasteiger partial charge in [0.2, 0.25) is 0 Å². The zero-order chi connectivity index (χ0) is 30.9. The Morgan fingerprint density at radius 1 is 0.976 bits per heavy atom. The lowest BCUT2D eigenvalue weighted by Crippen LogP contribution is -2.02. The van der Waals surface area contributed by atoms with Gasteiger partial charge in [-0.25, -0.2) is 10.0 Å². The van der Waals surface area contributed by atoms with Crippen LogP contribution >= 0.6 is 21.8 Å². The van der Waals surface area contributed by atoms with Gasteiger partial charge in [-0.1, -0.05) is 6.92 Å². The van der Waals surface area contributed by atoms with E-state index < -0.39 is 20.1 Å². The van der Waals surface area contributed by atoms with E-state index in [9.17, 15) is 13.0 Å². The highest BCUT2D eigenvalue weighted by Gasteiger charge is 2.18. The first-order valence-electron chi connectivity index (χ1n) is 13.3. The summed E-state index contributed by atoms with van der Waals surface area (Å²) in [5, 5.41) is 24.4. The molecular formula is C29H38N7O3S3-. The van der Waals surface area contributed by atoms with Crippen molar-refractivity contribution in [2.75, 3.05) is 35.5 Å². The maximum absolute atomic E-state index is 12.1. The second-order valence-corrected chi connectivity index (χ2v) is 16.4. The van der Waals surface area contributed by atoms with Gasteiger partial charge in [-0.05, 0) is 102 Å². The third-order valence-electron chi connectivity index (χ3n) is 6.49. The van der Waals surface area contributed by atoms with Crippen LogP contribution in [-0.2, 0) is 16.5 Å². The van der Waals surface area contributed by atoms with E-state index >= 15 is 0 Å². The minimum absolute atomic E-state index is 0.0212. The fourth-order valence-electron chi connectivity index (χ4n) is 3.96. The van der Waals surface area contributed by atoms with Gasteiger partial charge in [0.15, 0.2) is 0 Å². The van der Waals surface area contributed by atoms with Crippen molar-refractivity contribution in [2.45, 2.75) is 47.8 Å². The predicted octanol–water partition coefficient (Wildman–Crippen LogP) is 8.66. The van der Waals surface area contributed by atoms with Crippen LogP contribution < -0.4 is 11.5 Å². The van der Waals surface area contributed by atoms with Crippen molar-refractivity contribution in [2.24, 2.45) is 20.5 Å². The molecule has 0 saturated carbocycles. The number of thioether (sulfide) groups is 1. The lowest BCUT2D eigenvalue weighted by molar-refractivity contribution is 0.483. The molecule has 10 nitrogen and oxygen atoms in total. The third kappa shape index (κ3) is 8.63. The van der Waals surface area contributed by atoms with Crippen LogP contribution in [0.1, 0.15) is 32.3 Å². The molecule has 3 aromatic carbocycles. The Balaban J connectivity index is 1.95. The van der Waals surface area contributed by atoms with E-state index in [2.05, 4.69) is 33.0 Å². The quantitative estimate of drug-likeness (QED) is 0.0263. The molecule has 0 saturated heterocycles. The van der Waals surface area contributed by atoms with Gasteiger partial charge in [-0.3, -0.25) is 4.55 Å². The van der Waals surface area contributed by atoms with Crippen molar-refractivity contribution in [1.82, 2.24) is 0 Å². The van der Waals surface area contributed by atoms with Crippen molar-refractivity contribution in [1.29, 1.82) is 5.41 Å². The topological polar surface area (TPSA) is 180 Å². The molecule has 0 unspecified atom stereocenters. The van der Waals surface area contributed by atoms with Crippen molar-refractivity contribution >= 4 is 72.2 Å². The lowest BCUT2D eigenvalue weighted by Gasteiger charge is -2.31. The largest absolute Gasteiger partial charge is 0.397 e. The molecule has 3 rings (SSSR count). The molecule has 13 heteroatoms. The highest BCUT2D eigenvalue weighted by molar-refractivity contribution is 8.32. The summed E-state index contributed by atoms with van der Waals surface area (Å²) in [5.41, 5.74) is 15.1. The second-order valence-electron chi connectivity index (χ2n) is 9.86. The fraction of sp³-hybridized carbons (Fsp3) is 0.310. The van der Waals surface area contributed by atoms with E-state index in [0.717, 1.165) is 29.9 Å². The Hall–Kier alpha value is -3.26. The number of nitrogen functional groups attached to an aromatic ring is 2. The van der Waals surface area contributed by atoms with E-state index in [1.54, 1.807) is 12.1 Å². The first kappa shape index (κ1) is 33.2. The Labute approximate surface area is 254 Å². The smallest absolute Gasteiger partial charge is 0.296 e. The fourth-order valence-corrected chi connectivity index (χ4v) is 7.45. The minimum atomic E-state index is -4.55. The molecule has 0 aliphatic heterocycles. The third-order valence-corrected chi connectivity index (χ3v) is 11.2. The van der Waals surface area contributed by atoms with E-state index in [1.165, 1.54) is 35.0 Å². The van der Waals surface area contributed by atoms with Crippen LogP contribution in [0.2, 0.25) is 0 Å². The first-order valence-corrected chi connectivity index (χ1v) is 18.3. The molecule has 0 atom stereocenters. The molecule has 0 fully saturated rings. The summed E-state index contributed by atoms with van der Waals surface area (Å²) in [7, 11) is -5.58. The Morgan fingerprint density at radius 3 is 2.29 bits per heavy atom. The minimum Gasteiger partial charge on any atom is -0.397 e. The van der Waals surface area contributed by atoms with Gasteiger partial charge in [0.05, 0.1) is 17.1 Å². The van der Waals surface area contributed by atoms with E-state index in [4.69, 9.17) is 16.9 Å². The average molecular weight is 629 g/mol. The molecule has 42 heavy (non-hydrogen) atoms.